The lowest BCUT2D eigenvalue weighted by Gasteiger charge is -2.10. The number of rotatable bonds is 0. The van der Waals surface area contributed by atoms with Gasteiger partial charge in [-0.2, -0.15) is 0 Å². The molecule has 0 amide bonds. The Morgan fingerprint density at radius 2 is 0.808 bits per heavy atom. The highest BCUT2D eigenvalue weighted by atomic mass is 14.1. The summed E-state index contributed by atoms with van der Waals surface area (Å²) in [5.41, 5.74) is 2.08. The van der Waals surface area contributed by atoms with Crippen LogP contribution < -0.4 is 0 Å². The summed E-state index contributed by atoms with van der Waals surface area (Å²) in [6.07, 6.45) is 0. The first-order valence-electron chi connectivity index (χ1n) is 8.80. The normalized spacial score (nSPS) is 10.8. The Morgan fingerprint density at radius 3 is 1.42 bits per heavy atom. The quantitative estimate of drug-likeness (QED) is 0.223. The van der Waals surface area contributed by atoms with E-state index in [1.807, 2.05) is 30.3 Å². The average Bonchev–Trinajstić information content (AvgIpc) is 2.73. The van der Waals surface area contributed by atoms with Crippen LogP contribution in [0.15, 0.2) is 97.1 Å². The molecule has 0 aliphatic carbocycles. The first-order valence-corrected chi connectivity index (χ1v) is 8.80. The predicted molar refractivity (Wildman–Crippen MR) is 111 cm³/mol. The van der Waals surface area contributed by atoms with Crippen LogP contribution in [0.3, 0.4) is 0 Å². The summed E-state index contributed by atoms with van der Waals surface area (Å²) in [6, 6.07) is 34.0. The molecule has 0 spiro atoms. The van der Waals surface area contributed by atoms with Crippen molar-refractivity contribution in [2.45, 2.75) is 0 Å². The fourth-order valence-electron chi connectivity index (χ4n) is 3.65. The Bertz CT molecular complexity index is 1280. The molecule has 0 saturated heterocycles. The van der Waals surface area contributed by atoms with Gasteiger partial charge in [0.25, 0.3) is 0 Å². The topological polar surface area (TPSA) is 0 Å². The summed E-state index contributed by atoms with van der Waals surface area (Å²) in [6.45, 7) is 0. The molecule has 0 heteroatoms. The van der Waals surface area contributed by atoms with E-state index in [-0.39, 0.29) is 0 Å². The van der Waals surface area contributed by atoms with Gasteiger partial charge in [0.1, 0.15) is 0 Å². The van der Waals surface area contributed by atoms with E-state index in [4.69, 9.17) is 0 Å². The van der Waals surface area contributed by atoms with E-state index in [1.54, 1.807) is 0 Å². The van der Waals surface area contributed by atoms with Gasteiger partial charge in [-0.25, -0.2) is 0 Å². The minimum Gasteiger partial charge on any atom is -0.0622 e. The molecule has 0 atom stereocenters. The largest absolute Gasteiger partial charge is 0.0622 e. The summed E-state index contributed by atoms with van der Waals surface area (Å²) in [4.78, 5) is 0. The second-order valence-electron chi connectivity index (χ2n) is 6.47. The lowest BCUT2D eigenvalue weighted by atomic mass is 9.93. The van der Waals surface area contributed by atoms with E-state index in [0.717, 1.165) is 11.1 Å². The van der Waals surface area contributed by atoms with Crippen LogP contribution in [0.2, 0.25) is 0 Å². The molecule has 0 bridgehead atoms. The van der Waals surface area contributed by atoms with Crippen LogP contribution in [0.25, 0.3) is 32.3 Å². The average molecular weight is 328 g/mol. The second kappa shape index (κ2) is 6.06. The van der Waals surface area contributed by atoms with Gasteiger partial charge < -0.3 is 0 Å². The van der Waals surface area contributed by atoms with Gasteiger partial charge in [0, 0.05) is 11.1 Å². The monoisotopic (exact) mass is 328 g/mol. The fourth-order valence-corrected chi connectivity index (χ4v) is 3.65. The smallest absolute Gasteiger partial charge is 0.0255 e. The van der Waals surface area contributed by atoms with Crippen LogP contribution in [0.1, 0.15) is 11.1 Å². The Labute approximate surface area is 152 Å². The van der Waals surface area contributed by atoms with Crippen molar-refractivity contribution in [3.8, 4) is 11.8 Å². The molecule has 0 aliphatic rings. The highest BCUT2D eigenvalue weighted by Crippen LogP contribution is 2.35. The van der Waals surface area contributed by atoms with E-state index in [2.05, 4.69) is 78.6 Å². The number of hydrogen-bond acceptors (Lipinski definition) is 0. The second-order valence-corrected chi connectivity index (χ2v) is 6.47. The molecule has 0 saturated carbocycles. The van der Waals surface area contributed by atoms with Crippen LogP contribution in [-0.2, 0) is 0 Å². The van der Waals surface area contributed by atoms with Crippen molar-refractivity contribution >= 4 is 32.3 Å². The summed E-state index contributed by atoms with van der Waals surface area (Å²) < 4.78 is 0. The maximum Gasteiger partial charge on any atom is 0.0255 e. The molecule has 0 heterocycles. The molecule has 0 N–H and O–H groups in total. The lowest BCUT2D eigenvalue weighted by molar-refractivity contribution is 1.64. The SMILES string of the molecule is C(#Cc1ccc2c3ccccc3c3ccccc3c2c1)c1ccccc1. The van der Waals surface area contributed by atoms with Crippen molar-refractivity contribution in [3.63, 3.8) is 0 Å². The molecule has 0 nitrogen and oxygen atoms in total. The zero-order valence-electron chi connectivity index (χ0n) is 14.2. The molecule has 0 aliphatic heterocycles. The standard InChI is InChI=1S/C26H16/c1-2-8-19(9-3-1)14-15-20-16-17-25-23-12-5-4-10-21(23)22-11-6-7-13-24(22)26(25)18-20/h1-13,16-18H. The summed E-state index contributed by atoms with van der Waals surface area (Å²) in [5, 5.41) is 7.72. The zero-order chi connectivity index (χ0) is 17.3. The van der Waals surface area contributed by atoms with Crippen LogP contribution >= 0.6 is 0 Å². The molecule has 26 heavy (non-hydrogen) atoms. The van der Waals surface area contributed by atoms with Crippen LogP contribution in [0.4, 0.5) is 0 Å². The molecule has 5 aromatic rings. The number of benzene rings is 5. The highest BCUT2D eigenvalue weighted by molar-refractivity contribution is 6.25. The van der Waals surface area contributed by atoms with Gasteiger partial charge in [-0.1, -0.05) is 84.6 Å². The number of fused-ring (bicyclic) bond motifs is 6. The van der Waals surface area contributed by atoms with Crippen molar-refractivity contribution in [1.29, 1.82) is 0 Å². The third-order valence-corrected chi connectivity index (χ3v) is 4.87. The molecule has 0 unspecified atom stereocenters. The van der Waals surface area contributed by atoms with Gasteiger partial charge >= 0.3 is 0 Å². The van der Waals surface area contributed by atoms with Gasteiger partial charge in [-0.15, -0.1) is 0 Å². The molecule has 5 rings (SSSR count). The maximum absolute atomic E-state index is 3.32. The Balaban J connectivity index is 1.80. The predicted octanol–water partition coefficient (Wildman–Crippen LogP) is 6.55. The lowest BCUT2D eigenvalue weighted by Crippen LogP contribution is -1.84. The van der Waals surface area contributed by atoms with Crippen molar-refractivity contribution < 1.29 is 0 Å². The van der Waals surface area contributed by atoms with Gasteiger partial charge in [0.05, 0.1) is 0 Å². The summed E-state index contributed by atoms with van der Waals surface area (Å²) >= 11 is 0. The van der Waals surface area contributed by atoms with Crippen molar-refractivity contribution in [2.75, 3.05) is 0 Å². The van der Waals surface area contributed by atoms with Gasteiger partial charge in [-0.3, -0.25) is 0 Å². The van der Waals surface area contributed by atoms with Crippen LogP contribution in [0.5, 0.6) is 0 Å². The highest BCUT2D eigenvalue weighted by Gasteiger charge is 2.07. The van der Waals surface area contributed by atoms with Gasteiger partial charge in [0.2, 0.25) is 0 Å². The van der Waals surface area contributed by atoms with E-state index in [1.165, 1.54) is 32.3 Å². The Kier molecular flexibility index (Phi) is 3.44. The third kappa shape index (κ3) is 2.42. The van der Waals surface area contributed by atoms with E-state index >= 15 is 0 Å². The third-order valence-electron chi connectivity index (χ3n) is 4.87. The molecule has 5 aromatic carbocycles. The van der Waals surface area contributed by atoms with Crippen molar-refractivity contribution in [3.05, 3.63) is 108 Å². The van der Waals surface area contributed by atoms with Crippen LogP contribution in [-0.4, -0.2) is 0 Å². The van der Waals surface area contributed by atoms with Crippen LogP contribution in [0, 0.1) is 11.8 Å². The summed E-state index contributed by atoms with van der Waals surface area (Å²) in [7, 11) is 0. The minimum absolute atomic E-state index is 1.04. The molecular weight excluding hydrogens is 312 g/mol. The molecule has 0 aromatic heterocycles. The van der Waals surface area contributed by atoms with E-state index in [0.29, 0.717) is 0 Å². The van der Waals surface area contributed by atoms with Gasteiger partial charge in [-0.05, 0) is 56.6 Å². The Morgan fingerprint density at radius 1 is 0.346 bits per heavy atom. The summed E-state index contributed by atoms with van der Waals surface area (Å²) in [5.74, 6) is 6.58. The van der Waals surface area contributed by atoms with Crippen molar-refractivity contribution in [2.24, 2.45) is 0 Å². The first-order chi connectivity index (χ1) is 12.9. The molecule has 0 radical (unpaired) electrons. The number of hydrogen-bond donors (Lipinski definition) is 0. The first kappa shape index (κ1) is 14.8. The van der Waals surface area contributed by atoms with Crippen molar-refractivity contribution in [1.82, 2.24) is 0 Å². The Hall–Kier alpha value is -3.56. The maximum atomic E-state index is 3.32. The minimum atomic E-state index is 1.04. The molecule has 120 valence electrons. The molecule has 0 fully saturated rings. The zero-order valence-corrected chi connectivity index (χ0v) is 14.2. The fraction of sp³-hybridized carbons (Fsp3) is 0. The van der Waals surface area contributed by atoms with E-state index < -0.39 is 0 Å². The van der Waals surface area contributed by atoms with Gasteiger partial charge in [0.15, 0.2) is 0 Å². The molecular formula is C26H16. The van der Waals surface area contributed by atoms with E-state index in [9.17, 15) is 0 Å².